The van der Waals surface area contributed by atoms with E-state index in [1.807, 2.05) is 24.3 Å². The number of fused-ring (bicyclic) bond motifs is 1. The number of piperazine rings is 1. The lowest BCUT2D eigenvalue weighted by Gasteiger charge is -2.38. The van der Waals surface area contributed by atoms with Gasteiger partial charge in [0.05, 0.1) is 0 Å². The van der Waals surface area contributed by atoms with Gasteiger partial charge in [0.25, 0.3) is 0 Å². The molecule has 2 aliphatic heterocycles. The smallest absolute Gasteiger partial charge is 0.223 e. The van der Waals surface area contributed by atoms with Gasteiger partial charge < -0.3 is 15.1 Å². The van der Waals surface area contributed by atoms with Gasteiger partial charge in [0.2, 0.25) is 5.91 Å². The van der Waals surface area contributed by atoms with Gasteiger partial charge in [-0.2, -0.15) is 0 Å². The number of rotatable bonds is 3. The fraction of sp³-hybridized carbons (Fsp3) is 0.615. The lowest BCUT2D eigenvalue weighted by molar-refractivity contribution is -0.129. The molecule has 3 rings (SSSR count). The van der Waals surface area contributed by atoms with Gasteiger partial charge in [-0.25, -0.2) is 9.97 Å². The lowest BCUT2D eigenvalue weighted by atomic mass is 10.1. The number of thioether (sulfide) groups is 1. The van der Waals surface area contributed by atoms with Crippen LogP contribution in [-0.4, -0.2) is 59.8 Å². The molecule has 1 N–H and O–H groups in total. The van der Waals surface area contributed by atoms with Crippen molar-refractivity contribution in [1.29, 1.82) is 0 Å². The molecule has 2 fully saturated rings. The van der Waals surface area contributed by atoms with Gasteiger partial charge in [-0.15, -0.1) is 0 Å². The third kappa shape index (κ3) is 2.42. The molecule has 0 radical (unpaired) electrons. The summed E-state index contributed by atoms with van der Waals surface area (Å²) in [6.45, 7) is 2.52. The van der Waals surface area contributed by atoms with E-state index in [2.05, 4.69) is 20.2 Å². The minimum absolute atomic E-state index is 0.304. The zero-order chi connectivity index (χ0) is 14.1. The van der Waals surface area contributed by atoms with Crippen LogP contribution < -0.4 is 10.2 Å². The third-order valence-electron chi connectivity index (χ3n) is 3.95. The zero-order valence-electron chi connectivity index (χ0n) is 11.8. The molecule has 0 saturated carbocycles. The molecule has 0 aliphatic carbocycles. The van der Waals surface area contributed by atoms with Gasteiger partial charge in [-0.1, -0.05) is 11.8 Å². The number of amides is 1. The lowest BCUT2D eigenvalue weighted by Crippen LogP contribution is -2.51. The van der Waals surface area contributed by atoms with Crippen LogP contribution in [0.2, 0.25) is 0 Å². The first-order chi connectivity index (χ1) is 9.71. The van der Waals surface area contributed by atoms with E-state index >= 15 is 0 Å². The number of nitrogens with one attached hydrogen (secondary N) is 1. The van der Waals surface area contributed by atoms with Crippen molar-refractivity contribution in [3.8, 4) is 0 Å². The molecule has 1 amide bonds. The summed E-state index contributed by atoms with van der Waals surface area (Å²) in [7, 11) is 1.86. The predicted molar refractivity (Wildman–Crippen MR) is 80.3 cm³/mol. The molecule has 1 atom stereocenters. The molecule has 1 aromatic rings. The highest BCUT2D eigenvalue weighted by Crippen LogP contribution is 2.27. The Balaban J connectivity index is 1.81. The summed E-state index contributed by atoms with van der Waals surface area (Å²) in [5, 5.41) is 3.85. The Morgan fingerprint density at radius 3 is 3.00 bits per heavy atom. The van der Waals surface area contributed by atoms with Crippen LogP contribution in [0.25, 0.3) is 0 Å². The fourth-order valence-electron chi connectivity index (χ4n) is 2.87. The summed E-state index contributed by atoms with van der Waals surface area (Å²) in [6.07, 6.45) is 3.64. The van der Waals surface area contributed by atoms with E-state index in [4.69, 9.17) is 0 Å². The predicted octanol–water partition coefficient (Wildman–Crippen LogP) is 1.05. The maximum atomic E-state index is 11.7. The van der Waals surface area contributed by atoms with Crippen molar-refractivity contribution in [2.75, 3.05) is 43.2 Å². The summed E-state index contributed by atoms with van der Waals surface area (Å²) in [6, 6.07) is 2.33. The number of carbonyl (C=O) groups excluding carboxylic acids is 1. The van der Waals surface area contributed by atoms with Crippen molar-refractivity contribution in [2.45, 2.75) is 24.0 Å². The van der Waals surface area contributed by atoms with Gasteiger partial charge >= 0.3 is 0 Å². The van der Waals surface area contributed by atoms with Crippen molar-refractivity contribution < 1.29 is 4.79 Å². The van der Waals surface area contributed by atoms with Crippen LogP contribution in [0.1, 0.15) is 12.8 Å². The molecule has 3 heterocycles. The maximum absolute atomic E-state index is 11.7. The summed E-state index contributed by atoms with van der Waals surface area (Å²) < 4.78 is 0. The topological polar surface area (TPSA) is 61.4 Å². The molecule has 2 aliphatic rings. The van der Waals surface area contributed by atoms with Crippen molar-refractivity contribution in [1.82, 2.24) is 14.9 Å². The van der Waals surface area contributed by atoms with E-state index in [-0.39, 0.29) is 0 Å². The highest BCUT2D eigenvalue weighted by Gasteiger charge is 2.35. The molecule has 6 nitrogen and oxygen atoms in total. The second-order valence-corrected chi connectivity index (χ2v) is 5.85. The molecule has 108 valence electrons. The molecule has 7 heteroatoms. The Kier molecular flexibility index (Phi) is 3.69. The first-order valence-electron chi connectivity index (χ1n) is 6.86. The molecule has 1 unspecified atom stereocenters. The summed E-state index contributed by atoms with van der Waals surface area (Å²) in [4.78, 5) is 25.0. The van der Waals surface area contributed by atoms with E-state index in [0.717, 1.165) is 42.8 Å². The van der Waals surface area contributed by atoms with Crippen LogP contribution in [0.4, 0.5) is 11.6 Å². The van der Waals surface area contributed by atoms with E-state index in [1.165, 1.54) is 0 Å². The van der Waals surface area contributed by atoms with Gasteiger partial charge in [0, 0.05) is 45.2 Å². The Bertz CT molecular complexity index is 501. The first-order valence-corrected chi connectivity index (χ1v) is 8.09. The van der Waals surface area contributed by atoms with Gasteiger partial charge in [0.1, 0.15) is 11.6 Å². The minimum Gasteiger partial charge on any atom is -0.373 e. The number of carbonyl (C=O) groups is 1. The standard InChI is InChI=1S/C13H19N5OS/c1-14-10-7-11(16-13(15-10)20-2)17-5-6-18-9(8-17)3-4-12(18)19/h7,9H,3-6,8H2,1-2H3,(H,14,15,16). The van der Waals surface area contributed by atoms with Crippen molar-refractivity contribution in [3.05, 3.63) is 6.07 Å². The monoisotopic (exact) mass is 293 g/mol. The highest BCUT2D eigenvalue weighted by molar-refractivity contribution is 7.98. The number of aromatic nitrogens is 2. The summed E-state index contributed by atoms with van der Waals surface area (Å²) in [5.41, 5.74) is 0. The molecule has 0 aromatic carbocycles. The average Bonchev–Trinajstić information content (AvgIpc) is 2.87. The van der Waals surface area contributed by atoms with Gasteiger partial charge in [-0.05, 0) is 12.7 Å². The van der Waals surface area contributed by atoms with Crippen LogP contribution in [0.15, 0.2) is 11.2 Å². The van der Waals surface area contributed by atoms with Crippen LogP contribution in [-0.2, 0) is 4.79 Å². The van der Waals surface area contributed by atoms with Crippen molar-refractivity contribution >= 4 is 29.3 Å². The average molecular weight is 293 g/mol. The Hall–Kier alpha value is -1.50. The molecule has 2 saturated heterocycles. The number of nitrogens with zero attached hydrogens (tertiary/aromatic N) is 4. The van der Waals surface area contributed by atoms with E-state index in [9.17, 15) is 4.79 Å². The normalized spacial score (nSPS) is 22.1. The molecule has 0 spiro atoms. The number of hydrogen-bond donors (Lipinski definition) is 1. The molecular weight excluding hydrogens is 274 g/mol. The zero-order valence-corrected chi connectivity index (χ0v) is 12.6. The minimum atomic E-state index is 0.304. The quantitative estimate of drug-likeness (QED) is 0.664. The SMILES string of the molecule is CNc1cc(N2CCN3C(=O)CCC3C2)nc(SC)n1. The van der Waals surface area contributed by atoms with E-state index < -0.39 is 0 Å². The Morgan fingerprint density at radius 2 is 2.25 bits per heavy atom. The second kappa shape index (κ2) is 5.47. The summed E-state index contributed by atoms with van der Waals surface area (Å²) in [5.74, 6) is 2.09. The van der Waals surface area contributed by atoms with Gasteiger partial charge in [0.15, 0.2) is 5.16 Å². The van der Waals surface area contributed by atoms with Crippen LogP contribution in [0.5, 0.6) is 0 Å². The van der Waals surface area contributed by atoms with Crippen LogP contribution in [0.3, 0.4) is 0 Å². The van der Waals surface area contributed by atoms with E-state index in [1.54, 1.807) is 11.8 Å². The van der Waals surface area contributed by atoms with E-state index in [0.29, 0.717) is 18.4 Å². The maximum Gasteiger partial charge on any atom is 0.223 e. The third-order valence-corrected chi connectivity index (χ3v) is 4.50. The first kappa shape index (κ1) is 13.5. The molecule has 0 bridgehead atoms. The fourth-order valence-corrected chi connectivity index (χ4v) is 3.24. The number of anilines is 2. The Labute approximate surface area is 122 Å². The molecular formula is C13H19N5OS. The second-order valence-electron chi connectivity index (χ2n) is 5.07. The van der Waals surface area contributed by atoms with Crippen molar-refractivity contribution in [3.63, 3.8) is 0 Å². The van der Waals surface area contributed by atoms with Crippen LogP contribution in [0, 0.1) is 0 Å². The highest BCUT2D eigenvalue weighted by atomic mass is 32.2. The van der Waals surface area contributed by atoms with Crippen molar-refractivity contribution in [2.24, 2.45) is 0 Å². The molecule has 1 aromatic heterocycles. The van der Waals surface area contributed by atoms with Gasteiger partial charge in [-0.3, -0.25) is 4.79 Å². The largest absolute Gasteiger partial charge is 0.373 e. The summed E-state index contributed by atoms with van der Waals surface area (Å²) >= 11 is 1.54. The number of hydrogen-bond acceptors (Lipinski definition) is 6. The molecule has 20 heavy (non-hydrogen) atoms. The van der Waals surface area contributed by atoms with Crippen LogP contribution >= 0.6 is 11.8 Å². The Morgan fingerprint density at radius 1 is 1.40 bits per heavy atom.